The molecule has 1 fully saturated rings. The van der Waals surface area contributed by atoms with Gasteiger partial charge in [0.05, 0.1) is 22.5 Å². The lowest BCUT2D eigenvalue weighted by Crippen LogP contribution is -2.26. The predicted molar refractivity (Wildman–Crippen MR) is 73.5 cm³/mol. The summed E-state index contributed by atoms with van der Waals surface area (Å²) in [6.07, 6.45) is 0.0147. The lowest BCUT2D eigenvalue weighted by atomic mass is 10.2. The Bertz CT molecular complexity index is 813. The molecule has 8 heteroatoms. The Morgan fingerprint density at radius 1 is 1.45 bits per heavy atom. The number of halogens is 2. The first kappa shape index (κ1) is 13.3. The van der Waals surface area contributed by atoms with Gasteiger partial charge in [0.25, 0.3) is 5.91 Å². The largest absolute Gasteiger partial charge is 0.331 e. The van der Waals surface area contributed by atoms with Gasteiger partial charge in [-0.05, 0) is 18.3 Å². The summed E-state index contributed by atoms with van der Waals surface area (Å²) < 4.78 is 15.3. The number of amides is 2. The number of imidazole rings is 1. The molecule has 1 aromatic heterocycles. The van der Waals surface area contributed by atoms with Crippen molar-refractivity contribution in [2.75, 3.05) is 7.05 Å². The molecule has 104 valence electrons. The number of rotatable bonds is 1. The molecule has 0 aliphatic carbocycles. The average molecular weight is 314 g/mol. The molecular weight excluding hydrogens is 305 g/mol. The summed E-state index contributed by atoms with van der Waals surface area (Å²) in [6, 6.07) is 1.87. The van der Waals surface area contributed by atoms with E-state index in [1.54, 1.807) is 0 Å². The second-order valence-electron chi connectivity index (χ2n) is 4.59. The highest BCUT2D eigenvalue weighted by molar-refractivity contribution is 7.71. The number of fused-ring (bicyclic) bond motifs is 1. The topological polar surface area (TPSA) is 58.1 Å². The van der Waals surface area contributed by atoms with Crippen molar-refractivity contribution in [3.05, 3.63) is 27.7 Å². The quantitative estimate of drug-likeness (QED) is 0.650. The van der Waals surface area contributed by atoms with Crippen LogP contribution in [0, 0.1) is 10.6 Å². The number of aromatic nitrogens is 2. The summed E-state index contributed by atoms with van der Waals surface area (Å²) in [5, 5.41) is -0.0353. The number of likely N-dealkylation sites (tertiary alicyclic amines) is 1. The fourth-order valence-electron chi connectivity index (χ4n) is 2.37. The van der Waals surface area contributed by atoms with E-state index in [1.165, 1.54) is 23.7 Å². The Hall–Kier alpha value is -1.73. The van der Waals surface area contributed by atoms with E-state index in [9.17, 15) is 14.0 Å². The van der Waals surface area contributed by atoms with Crippen molar-refractivity contribution in [2.24, 2.45) is 0 Å². The number of carbonyl (C=O) groups is 2. The zero-order valence-corrected chi connectivity index (χ0v) is 11.9. The number of likely N-dealkylation sites (N-methyl/N-ethyl adjacent to an activating group) is 1. The maximum atomic E-state index is 13.6. The molecule has 2 aromatic rings. The maximum Gasteiger partial charge on any atom is 0.252 e. The van der Waals surface area contributed by atoms with Crippen molar-refractivity contribution in [3.63, 3.8) is 0 Å². The molecule has 1 aliphatic heterocycles. The molecule has 1 atom stereocenters. The zero-order valence-electron chi connectivity index (χ0n) is 10.3. The third-order valence-corrected chi connectivity index (χ3v) is 4.02. The van der Waals surface area contributed by atoms with Crippen LogP contribution in [0.25, 0.3) is 11.0 Å². The summed E-state index contributed by atoms with van der Waals surface area (Å²) in [4.78, 5) is 27.6. The van der Waals surface area contributed by atoms with Gasteiger partial charge in [-0.3, -0.25) is 14.5 Å². The van der Waals surface area contributed by atoms with E-state index in [2.05, 4.69) is 4.98 Å². The van der Waals surface area contributed by atoms with Crippen molar-refractivity contribution < 1.29 is 14.0 Å². The maximum absolute atomic E-state index is 13.6. The van der Waals surface area contributed by atoms with E-state index in [1.807, 2.05) is 0 Å². The SMILES string of the molecule is CN1C(=O)CC(n2c(=S)[nH]c3cc(Cl)c(F)cc32)C1=O. The Labute approximate surface area is 122 Å². The Morgan fingerprint density at radius 3 is 2.75 bits per heavy atom. The third kappa shape index (κ3) is 1.77. The van der Waals surface area contributed by atoms with E-state index in [-0.39, 0.29) is 28.0 Å². The van der Waals surface area contributed by atoms with Gasteiger partial charge in [0.1, 0.15) is 11.9 Å². The van der Waals surface area contributed by atoms with E-state index in [0.717, 1.165) is 4.90 Å². The van der Waals surface area contributed by atoms with E-state index in [0.29, 0.717) is 11.0 Å². The minimum Gasteiger partial charge on any atom is -0.331 e. The van der Waals surface area contributed by atoms with E-state index < -0.39 is 11.9 Å². The molecule has 1 saturated heterocycles. The van der Waals surface area contributed by atoms with Crippen molar-refractivity contribution in [1.82, 2.24) is 14.5 Å². The van der Waals surface area contributed by atoms with Crippen LogP contribution in [0.5, 0.6) is 0 Å². The summed E-state index contributed by atoms with van der Waals surface area (Å²) in [7, 11) is 1.42. The molecule has 0 radical (unpaired) electrons. The van der Waals surface area contributed by atoms with Crippen LogP contribution in [0.2, 0.25) is 5.02 Å². The normalized spacial score (nSPS) is 19.4. The molecule has 3 rings (SSSR count). The highest BCUT2D eigenvalue weighted by atomic mass is 35.5. The number of hydrogen-bond acceptors (Lipinski definition) is 3. The number of imide groups is 1. The highest BCUT2D eigenvalue weighted by Gasteiger charge is 2.38. The third-order valence-electron chi connectivity index (χ3n) is 3.43. The minimum atomic E-state index is -0.741. The summed E-state index contributed by atoms with van der Waals surface area (Å²) in [5.41, 5.74) is 0.939. The first-order valence-corrected chi connectivity index (χ1v) is 6.58. The molecule has 0 bridgehead atoms. The van der Waals surface area contributed by atoms with Crippen LogP contribution in [0.3, 0.4) is 0 Å². The predicted octanol–water partition coefficient (Wildman–Crippen LogP) is 2.42. The molecule has 1 N–H and O–H groups in total. The molecule has 5 nitrogen and oxygen atoms in total. The van der Waals surface area contributed by atoms with Gasteiger partial charge in [-0.15, -0.1) is 0 Å². The van der Waals surface area contributed by atoms with Gasteiger partial charge in [0, 0.05) is 13.1 Å². The Balaban J connectivity index is 2.24. The zero-order chi connectivity index (χ0) is 14.6. The number of benzene rings is 1. The monoisotopic (exact) mass is 313 g/mol. The van der Waals surface area contributed by atoms with Gasteiger partial charge < -0.3 is 9.55 Å². The molecule has 2 heterocycles. The van der Waals surface area contributed by atoms with Crippen LogP contribution in [0.15, 0.2) is 12.1 Å². The van der Waals surface area contributed by atoms with Crippen LogP contribution in [0.1, 0.15) is 12.5 Å². The average Bonchev–Trinajstić information content (AvgIpc) is 2.81. The van der Waals surface area contributed by atoms with Crippen molar-refractivity contribution in [2.45, 2.75) is 12.5 Å². The number of nitrogens with one attached hydrogen (secondary N) is 1. The van der Waals surface area contributed by atoms with Crippen LogP contribution in [-0.4, -0.2) is 33.3 Å². The van der Waals surface area contributed by atoms with Crippen molar-refractivity contribution in [3.8, 4) is 0 Å². The second kappa shape index (κ2) is 4.39. The molecule has 0 spiro atoms. The standard InChI is InChI=1S/C12H9ClFN3O2S/c1-16-10(18)4-9(11(16)19)17-8-3-6(14)5(13)2-7(8)15-12(17)20/h2-3,9H,4H2,1H3,(H,15,20). The highest BCUT2D eigenvalue weighted by Crippen LogP contribution is 2.30. The smallest absolute Gasteiger partial charge is 0.252 e. The first-order valence-electron chi connectivity index (χ1n) is 5.80. The van der Waals surface area contributed by atoms with E-state index >= 15 is 0 Å². The number of carbonyl (C=O) groups excluding carboxylic acids is 2. The second-order valence-corrected chi connectivity index (χ2v) is 5.39. The van der Waals surface area contributed by atoms with Crippen molar-refractivity contribution >= 4 is 46.7 Å². The lowest BCUT2D eigenvalue weighted by molar-refractivity contribution is -0.137. The fraction of sp³-hybridized carbons (Fsp3) is 0.250. The van der Waals surface area contributed by atoms with Crippen LogP contribution < -0.4 is 0 Å². The molecular formula is C12H9ClFN3O2S. The van der Waals surface area contributed by atoms with Gasteiger partial charge in [-0.1, -0.05) is 11.6 Å². The molecule has 1 unspecified atom stereocenters. The Kier molecular flexibility index (Phi) is 2.91. The lowest BCUT2D eigenvalue weighted by Gasteiger charge is -2.11. The minimum absolute atomic E-state index is 0.0147. The van der Waals surface area contributed by atoms with Gasteiger partial charge >= 0.3 is 0 Å². The number of aromatic amines is 1. The molecule has 0 saturated carbocycles. The van der Waals surface area contributed by atoms with Gasteiger partial charge in [-0.25, -0.2) is 4.39 Å². The first-order chi connectivity index (χ1) is 9.40. The van der Waals surface area contributed by atoms with Crippen LogP contribution >= 0.6 is 23.8 Å². The number of H-pyrrole nitrogens is 1. The van der Waals surface area contributed by atoms with Gasteiger partial charge in [-0.2, -0.15) is 0 Å². The fourth-order valence-corrected chi connectivity index (χ4v) is 2.87. The summed E-state index contributed by atoms with van der Waals surface area (Å²) in [6.45, 7) is 0. The van der Waals surface area contributed by atoms with Crippen LogP contribution in [-0.2, 0) is 9.59 Å². The van der Waals surface area contributed by atoms with Crippen molar-refractivity contribution in [1.29, 1.82) is 0 Å². The summed E-state index contributed by atoms with van der Waals surface area (Å²) in [5.74, 6) is -1.25. The van der Waals surface area contributed by atoms with Gasteiger partial charge in [0.15, 0.2) is 4.77 Å². The number of hydrogen-bond donors (Lipinski definition) is 1. The molecule has 1 aliphatic rings. The van der Waals surface area contributed by atoms with Gasteiger partial charge in [0.2, 0.25) is 5.91 Å². The molecule has 1 aromatic carbocycles. The molecule has 2 amide bonds. The Morgan fingerprint density at radius 2 is 2.15 bits per heavy atom. The molecule has 20 heavy (non-hydrogen) atoms. The summed E-state index contributed by atoms with van der Waals surface area (Å²) >= 11 is 10.9. The number of nitrogens with zero attached hydrogens (tertiary/aromatic N) is 2. The van der Waals surface area contributed by atoms with Crippen LogP contribution in [0.4, 0.5) is 4.39 Å². The van der Waals surface area contributed by atoms with E-state index in [4.69, 9.17) is 23.8 Å².